The van der Waals surface area contributed by atoms with Crippen LogP contribution in [0.2, 0.25) is 5.02 Å². The van der Waals surface area contributed by atoms with E-state index in [2.05, 4.69) is 5.10 Å². The quantitative estimate of drug-likeness (QED) is 0.293. The largest absolute Gasteiger partial charge is 0.470 e. The number of hydrogen-bond donors (Lipinski definition) is 0. The highest BCUT2D eigenvalue weighted by Gasteiger charge is 2.23. The number of fused-ring (bicyclic) bond motifs is 1. The molecule has 33 heavy (non-hydrogen) atoms. The van der Waals surface area contributed by atoms with E-state index in [1.807, 2.05) is 6.07 Å². The van der Waals surface area contributed by atoms with Gasteiger partial charge < -0.3 is 4.74 Å². The van der Waals surface area contributed by atoms with Gasteiger partial charge in [0.15, 0.2) is 6.61 Å². The first-order chi connectivity index (χ1) is 16.0. The fraction of sp³-hybridized carbons (Fsp3) is 0.304. The normalized spacial score (nSPS) is 14.4. The number of nitriles is 1. The van der Waals surface area contributed by atoms with Crippen LogP contribution in [0.15, 0.2) is 46.3 Å². The minimum atomic E-state index is -0.646. The standard InChI is InChI=1S/C23H20ClN5O4/c24-18-12-15(13-20(29(31)32)21(18)33-11-10-25)14-26-28-22(16-6-2-1-3-7-16)27-19-9-5-4-8-17(19)23(28)30/h4-5,8-9,12-14,16H,1-3,6-7,11H2. The van der Waals surface area contributed by atoms with Gasteiger partial charge in [0.1, 0.15) is 11.9 Å². The molecule has 0 amide bonds. The second-order valence-electron chi connectivity index (χ2n) is 7.74. The molecule has 10 heteroatoms. The third-order valence-electron chi connectivity index (χ3n) is 5.60. The SMILES string of the molecule is N#CCOc1c(Cl)cc(C=Nn2c(C3CCCCC3)nc3ccccc3c2=O)cc1[N+](=O)[O-]. The molecule has 4 rings (SSSR count). The van der Waals surface area contributed by atoms with E-state index in [4.69, 9.17) is 26.6 Å². The summed E-state index contributed by atoms with van der Waals surface area (Å²) in [6, 6.07) is 11.5. The highest BCUT2D eigenvalue weighted by Crippen LogP contribution is 2.36. The van der Waals surface area contributed by atoms with Crippen molar-refractivity contribution in [1.29, 1.82) is 5.26 Å². The zero-order chi connectivity index (χ0) is 23.4. The third-order valence-corrected chi connectivity index (χ3v) is 5.88. The van der Waals surface area contributed by atoms with Crippen molar-refractivity contribution < 1.29 is 9.66 Å². The smallest absolute Gasteiger partial charge is 0.313 e. The Balaban J connectivity index is 1.81. The molecule has 1 heterocycles. The molecule has 1 fully saturated rings. The van der Waals surface area contributed by atoms with Gasteiger partial charge in [-0.1, -0.05) is 43.0 Å². The molecule has 168 valence electrons. The van der Waals surface area contributed by atoms with Gasteiger partial charge in [-0.05, 0) is 31.0 Å². The van der Waals surface area contributed by atoms with Crippen molar-refractivity contribution in [3.63, 3.8) is 0 Å². The molecule has 0 radical (unpaired) electrons. The van der Waals surface area contributed by atoms with Crippen LogP contribution in [0.1, 0.15) is 49.4 Å². The molecule has 0 unspecified atom stereocenters. The summed E-state index contributed by atoms with van der Waals surface area (Å²) in [6.07, 6.45) is 6.45. The van der Waals surface area contributed by atoms with Gasteiger partial charge in [-0.3, -0.25) is 14.9 Å². The van der Waals surface area contributed by atoms with E-state index in [0.717, 1.165) is 32.1 Å². The van der Waals surface area contributed by atoms with Crippen molar-refractivity contribution in [3.05, 3.63) is 73.3 Å². The molecule has 1 aromatic heterocycles. The monoisotopic (exact) mass is 465 g/mol. The first-order valence-electron chi connectivity index (χ1n) is 10.5. The Morgan fingerprint density at radius 3 is 2.79 bits per heavy atom. The van der Waals surface area contributed by atoms with E-state index in [1.165, 1.54) is 23.0 Å². The number of hydrogen-bond acceptors (Lipinski definition) is 7. The van der Waals surface area contributed by atoms with E-state index in [1.54, 1.807) is 24.3 Å². The number of halogens is 1. The molecule has 3 aromatic rings. The van der Waals surface area contributed by atoms with E-state index >= 15 is 0 Å². The lowest BCUT2D eigenvalue weighted by Gasteiger charge is -2.22. The topological polar surface area (TPSA) is 123 Å². The third kappa shape index (κ3) is 4.71. The molecule has 0 bridgehead atoms. The van der Waals surface area contributed by atoms with Crippen LogP contribution in [-0.2, 0) is 0 Å². The lowest BCUT2D eigenvalue weighted by Crippen LogP contribution is -2.25. The van der Waals surface area contributed by atoms with Gasteiger partial charge in [-0.25, -0.2) is 4.98 Å². The van der Waals surface area contributed by atoms with Crippen molar-refractivity contribution in [2.24, 2.45) is 5.10 Å². The molecule has 1 aliphatic rings. The number of benzene rings is 2. The summed E-state index contributed by atoms with van der Waals surface area (Å²) in [5.74, 6) is 0.505. The second-order valence-corrected chi connectivity index (χ2v) is 8.15. The summed E-state index contributed by atoms with van der Waals surface area (Å²) >= 11 is 6.18. The number of para-hydroxylation sites is 1. The average Bonchev–Trinajstić information content (AvgIpc) is 2.83. The summed E-state index contributed by atoms with van der Waals surface area (Å²) in [6.45, 7) is -0.378. The number of ether oxygens (including phenoxy) is 1. The predicted molar refractivity (Wildman–Crippen MR) is 124 cm³/mol. The van der Waals surface area contributed by atoms with Gasteiger partial charge in [0, 0.05) is 17.5 Å². The Kier molecular flexibility index (Phi) is 6.66. The van der Waals surface area contributed by atoms with Gasteiger partial charge in [-0.2, -0.15) is 15.0 Å². The Hall–Kier alpha value is -3.77. The zero-order valence-electron chi connectivity index (χ0n) is 17.6. The molecular formula is C23H20ClN5O4. The number of aromatic nitrogens is 2. The number of nitro benzene ring substituents is 1. The van der Waals surface area contributed by atoms with Crippen molar-refractivity contribution >= 4 is 34.4 Å². The van der Waals surface area contributed by atoms with Gasteiger partial charge in [0.05, 0.1) is 27.1 Å². The van der Waals surface area contributed by atoms with Crippen molar-refractivity contribution in [1.82, 2.24) is 9.66 Å². The average molecular weight is 466 g/mol. The minimum Gasteiger partial charge on any atom is -0.470 e. The molecule has 1 saturated carbocycles. The molecular weight excluding hydrogens is 446 g/mol. The molecule has 1 aliphatic carbocycles. The molecule has 0 saturated heterocycles. The fourth-order valence-corrected chi connectivity index (χ4v) is 4.34. The summed E-state index contributed by atoms with van der Waals surface area (Å²) in [5, 5.41) is 25.0. The molecule has 0 atom stereocenters. The zero-order valence-corrected chi connectivity index (χ0v) is 18.4. The Labute approximate surface area is 194 Å². The lowest BCUT2D eigenvalue weighted by molar-refractivity contribution is -0.385. The van der Waals surface area contributed by atoms with Crippen LogP contribution >= 0.6 is 11.6 Å². The molecule has 0 spiro atoms. The number of rotatable bonds is 6. The Bertz CT molecular complexity index is 1340. The lowest BCUT2D eigenvalue weighted by atomic mass is 9.88. The first kappa shape index (κ1) is 22.4. The Morgan fingerprint density at radius 2 is 2.06 bits per heavy atom. The molecule has 0 aliphatic heterocycles. The van der Waals surface area contributed by atoms with E-state index in [-0.39, 0.29) is 28.9 Å². The summed E-state index contributed by atoms with van der Waals surface area (Å²) < 4.78 is 6.41. The van der Waals surface area contributed by atoms with Crippen LogP contribution in [-0.4, -0.2) is 27.4 Å². The second kappa shape index (κ2) is 9.79. The van der Waals surface area contributed by atoms with Crippen molar-refractivity contribution in [3.8, 4) is 11.8 Å². The summed E-state index contributed by atoms with van der Waals surface area (Å²) in [7, 11) is 0. The van der Waals surface area contributed by atoms with Gasteiger partial charge in [-0.15, -0.1) is 0 Å². The first-order valence-corrected chi connectivity index (χ1v) is 10.9. The Morgan fingerprint density at radius 1 is 1.30 bits per heavy atom. The van der Waals surface area contributed by atoms with Gasteiger partial charge >= 0.3 is 5.69 Å². The fourth-order valence-electron chi connectivity index (χ4n) is 4.06. The summed E-state index contributed by atoms with van der Waals surface area (Å²) in [5.41, 5.74) is 0.237. The van der Waals surface area contributed by atoms with Gasteiger partial charge in [0.25, 0.3) is 5.56 Å². The predicted octanol–water partition coefficient (Wildman–Crippen LogP) is 4.79. The van der Waals surface area contributed by atoms with Crippen molar-refractivity contribution in [2.75, 3.05) is 6.61 Å². The highest BCUT2D eigenvalue weighted by molar-refractivity contribution is 6.32. The number of nitro groups is 1. The maximum atomic E-state index is 13.3. The van der Waals surface area contributed by atoms with E-state index in [9.17, 15) is 14.9 Å². The summed E-state index contributed by atoms with van der Waals surface area (Å²) in [4.78, 5) is 28.9. The van der Waals surface area contributed by atoms with Crippen LogP contribution in [0.5, 0.6) is 5.75 Å². The van der Waals surface area contributed by atoms with Crippen LogP contribution in [0, 0.1) is 21.4 Å². The number of nitrogens with zero attached hydrogens (tertiary/aromatic N) is 5. The molecule has 2 aromatic carbocycles. The van der Waals surface area contributed by atoms with E-state index in [0.29, 0.717) is 22.3 Å². The molecule has 0 N–H and O–H groups in total. The van der Waals surface area contributed by atoms with Crippen LogP contribution in [0.3, 0.4) is 0 Å². The maximum absolute atomic E-state index is 13.3. The van der Waals surface area contributed by atoms with Crippen molar-refractivity contribution in [2.45, 2.75) is 38.0 Å². The van der Waals surface area contributed by atoms with Crippen LogP contribution < -0.4 is 10.3 Å². The van der Waals surface area contributed by atoms with Gasteiger partial charge in [0.2, 0.25) is 5.75 Å². The minimum absolute atomic E-state index is 0.0302. The highest BCUT2D eigenvalue weighted by atomic mass is 35.5. The van der Waals surface area contributed by atoms with E-state index < -0.39 is 10.6 Å². The maximum Gasteiger partial charge on any atom is 0.313 e. The molecule has 9 nitrogen and oxygen atoms in total. The van der Waals surface area contributed by atoms with Crippen LogP contribution in [0.25, 0.3) is 10.9 Å². The van der Waals surface area contributed by atoms with Crippen LogP contribution in [0.4, 0.5) is 5.69 Å².